The standard InChI is InChI=1S/C18H16F3N3O4S/c1-3-28-13-8-15(29(26,27)4-2)16(22-10-13)24-17(25)14-7-12(18(19,20)21)6-5-11(14)9-23-24/h5-10H,3-4H2,1-2H3. The molecule has 0 N–H and O–H groups in total. The summed E-state index contributed by atoms with van der Waals surface area (Å²) in [6, 6.07) is 3.90. The fourth-order valence-electron chi connectivity index (χ4n) is 2.68. The third-order valence-electron chi connectivity index (χ3n) is 4.15. The van der Waals surface area contributed by atoms with E-state index in [1.807, 2.05) is 0 Å². The lowest BCUT2D eigenvalue weighted by atomic mass is 10.1. The fourth-order valence-corrected chi connectivity index (χ4v) is 3.70. The lowest BCUT2D eigenvalue weighted by molar-refractivity contribution is -0.137. The Bertz CT molecular complexity index is 1240. The zero-order valence-electron chi connectivity index (χ0n) is 15.4. The van der Waals surface area contributed by atoms with Crippen molar-refractivity contribution in [3.05, 3.63) is 52.6 Å². The van der Waals surface area contributed by atoms with Crippen LogP contribution in [0.5, 0.6) is 5.75 Å². The molecule has 0 saturated carbocycles. The zero-order valence-corrected chi connectivity index (χ0v) is 16.2. The number of rotatable bonds is 5. The number of pyridine rings is 1. The van der Waals surface area contributed by atoms with Gasteiger partial charge in [-0.25, -0.2) is 13.4 Å². The van der Waals surface area contributed by atoms with Crippen LogP contribution in [0.25, 0.3) is 16.6 Å². The van der Waals surface area contributed by atoms with Crippen molar-refractivity contribution in [2.75, 3.05) is 12.4 Å². The molecule has 0 aliphatic heterocycles. The second-order valence-electron chi connectivity index (χ2n) is 5.99. The number of halogens is 3. The Morgan fingerprint density at radius 2 is 1.86 bits per heavy atom. The highest BCUT2D eigenvalue weighted by Crippen LogP contribution is 2.31. The van der Waals surface area contributed by atoms with Crippen molar-refractivity contribution in [2.45, 2.75) is 24.9 Å². The summed E-state index contributed by atoms with van der Waals surface area (Å²) in [5.41, 5.74) is -1.92. The number of ether oxygens (including phenoxy) is 1. The smallest absolute Gasteiger partial charge is 0.416 e. The summed E-state index contributed by atoms with van der Waals surface area (Å²) in [4.78, 5) is 16.5. The van der Waals surface area contributed by atoms with Gasteiger partial charge in [-0.3, -0.25) is 4.79 Å². The number of benzene rings is 1. The molecular formula is C18H16F3N3O4S. The molecule has 0 bridgehead atoms. The number of alkyl halides is 3. The maximum Gasteiger partial charge on any atom is 0.416 e. The Balaban J connectivity index is 2.30. The van der Waals surface area contributed by atoms with Crippen LogP contribution in [-0.4, -0.2) is 35.5 Å². The first kappa shape index (κ1) is 20.8. The van der Waals surface area contributed by atoms with Crippen molar-refractivity contribution in [3.63, 3.8) is 0 Å². The number of hydrogen-bond donors (Lipinski definition) is 0. The van der Waals surface area contributed by atoms with Crippen LogP contribution in [0, 0.1) is 0 Å². The van der Waals surface area contributed by atoms with E-state index >= 15 is 0 Å². The molecule has 154 valence electrons. The minimum absolute atomic E-state index is 0.177. The Morgan fingerprint density at radius 1 is 1.14 bits per heavy atom. The average Bonchev–Trinajstić information content (AvgIpc) is 2.68. The molecule has 0 amide bonds. The molecule has 0 fully saturated rings. The van der Waals surface area contributed by atoms with Crippen LogP contribution in [-0.2, 0) is 16.0 Å². The fraction of sp³-hybridized carbons (Fsp3) is 0.278. The molecule has 11 heteroatoms. The van der Waals surface area contributed by atoms with Crippen molar-refractivity contribution >= 4 is 20.6 Å². The third-order valence-corrected chi connectivity index (χ3v) is 5.88. The SMILES string of the molecule is CCOc1cnc(-n2ncc3ccc(C(F)(F)F)cc3c2=O)c(S(=O)(=O)CC)c1. The lowest BCUT2D eigenvalue weighted by Gasteiger charge is -2.13. The molecule has 0 spiro atoms. The maximum atomic E-state index is 13.0. The first-order chi connectivity index (χ1) is 13.6. The summed E-state index contributed by atoms with van der Waals surface area (Å²) in [5, 5.41) is 3.83. The summed E-state index contributed by atoms with van der Waals surface area (Å²) in [7, 11) is -3.84. The number of hydrogen-bond acceptors (Lipinski definition) is 6. The number of sulfone groups is 1. The second kappa shape index (κ2) is 7.47. The van der Waals surface area contributed by atoms with E-state index in [9.17, 15) is 26.4 Å². The van der Waals surface area contributed by atoms with E-state index in [0.29, 0.717) is 10.7 Å². The van der Waals surface area contributed by atoms with E-state index in [4.69, 9.17) is 4.74 Å². The van der Waals surface area contributed by atoms with Crippen LogP contribution < -0.4 is 10.3 Å². The van der Waals surface area contributed by atoms with Crippen LogP contribution in [0.3, 0.4) is 0 Å². The van der Waals surface area contributed by atoms with Crippen molar-refractivity contribution in [3.8, 4) is 11.6 Å². The van der Waals surface area contributed by atoms with Gasteiger partial charge in [-0.15, -0.1) is 0 Å². The normalized spacial score (nSPS) is 12.3. The van der Waals surface area contributed by atoms with E-state index in [0.717, 1.165) is 12.1 Å². The van der Waals surface area contributed by atoms with Gasteiger partial charge in [0.05, 0.1) is 35.7 Å². The molecule has 0 aliphatic rings. The van der Waals surface area contributed by atoms with Gasteiger partial charge >= 0.3 is 6.18 Å². The monoisotopic (exact) mass is 427 g/mol. The topological polar surface area (TPSA) is 91.2 Å². The molecule has 0 atom stereocenters. The molecule has 1 aromatic carbocycles. The second-order valence-corrected chi connectivity index (χ2v) is 8.24. The quantitative estimate of drug-likeness (QED) is 0.622. The van der Waals surface area contributed by atoms with Crippen LogP contribution in [0.2, 0.25) is 0 Å². The maximum absolute atomic E-state index is 13.0. The molecule has 29 heavy (non-hydrogen) atoms. The Kier molecular flexibility index (Phi) is 5.35. The van der Waals surface area contributed by atoms with Gasteiger partial charge in [0.2, 0.25) is 0 Å². The summed E-state index contributed by atoms with van der Waals surface area (Å²) in [5.74, 6) is -0.409. The van der Waals surface area contributed by atoms with Crippen molar-refractivity contribution < 1.29 is 26.3 Å². The van der Waals surface area contributed by atoms with Gasteiger partial charge in [0.1, 0.15) is 10.6 Å². The van der Waals surface area contributed by atoms with Gasteiger partial charge in [0.25, 0.3) is 5.56 Å². The molecule has 2 heterocycles. The van der Waals surface area contributed by atoms with Gasteiger partial charge in [-0.1, -0.05) is 13.0 Å². The molecule has 0 radical (unpaired) electrons. The number of nitrogens with zero attached hydrogens (tertiary/aromatic N) is 3. The Morgan fingerprint density at radius 3 is 2.48 bits per heavy atom. The van der Waals surface area contributed by atoms with Crippen LogP contribution in [0.15, 0.2) is 46.3 Å². The van der Waals surface area contributed by atoms with Crippen LogP contribution in [0.4, 0.5) is 13.2 Å². The summed E-state index contributed by atoms with van der Waals surface area (Å²) in [6.07, 6.45) is -2.24. The summed E-state index contributed by atoms with van der Waals surface area (Å²) >= 11 is 0. The molecular weight excluding hydrogens is 411 g/mol. The van der Waals surface area contributed by atoms with E-state index in [2.05, 4.69) is 10.1 Å². The highest BCUT2D eigenvalue weighted by atomic mass is 32.2. The molecule has 3 rings (SSSR count). The minimum Gasteiger partial charge on any atom is -0.492 e. The largest absolute Gasteiger partial charge is 0.492 e. The van der Waals surface area contributed by atoms with E-state index in [-0.39, 0.29) is 39.6 Å². The molecule has 3 aromatic rings. The summed E-state index contributed by atoms with van der Waals surface area (Å²) < 4.78 is 70.1. The van der Waals surface area contributed by atoms with Gasteiger partial charge in [0, 0.05) is 11.5 Å². The van der Waals surface area contributed by atoms with E-state index in [1.54, 1.807) is 6.92 Å². The number of aromatic nitrogens is 3. The molecule has 0 unspecified atom stereocenters. The summed E-state index contributed by atoms with van der Waals surface area (Å²) in [6.45, 7) is 3.38. The average molecular weight is 427 g/mol. The molecule has 2 aromatic heterocycles. The van der Waals surface area contributed by atoms with Gasteiger partial charge < -0.3 is 4.74 Å². The van der Waals surface area contributed by atoms with E-state index < -0.39 is 27.1 Å². The van der Waals surface area contributed by atoms with Gasteiger partial charge in [-0.2, -0.15) is 23.0 Å². The van der Waals surface area contributed by atoms with Gasteiger partial charge in [-0.05, 0) is 19.1 Å². The third kappa shape index (κ3) is 3.95. The minimum atomic E-state index is -4.64. The van der Waals surface area contributed by atoms with Crippen LogP contribution >= 0.6 is 0 Å². The Labute approximate surface area is 163 Å². The molecule has 0 aliphatic carbocycles. The van der Waals surface area contributed by atoms with Crippen molar-refractivity contribution in [1.29, 1.82) is 0 Å². The highest BCUT2D eigenvalue weighted by molar-refractivity contribution is 7.91. The first-order valence-corrected chi connectivity index (χ1v) is 10.2. The predicted octanol–water partition coefficient (Wildman–Crippen LogP) is 2.99. The molecule has 7 nitrogen and oxygen atoms in total. The van der Waals surface area contributed by atoms with E-state index in [1.165, 1.54) is 25.4 Å². The van der Waals surface area contributed by atoms with Crippen LogP contribution in [0.1, 0.15) is 19.4 Å². The zero-order chi connectivity index (χ0) is 21.4. The Hall–Kier alpha value is -2.95. The van der Waals surface area contributed by atoms with Crippen molar-refractivity contribution in [1.82, 2.24) is 14.8 Å². The first-order valence-electron chi connectivity index (χ1n) is 8.53. The lowest BCUT2D eigenvalue weighted by Crippen LogP contribution is -2.25. The number of fused-ring (bicyclic) bond motifs is 1. The molecule has 0 saturated heterocycles. The highest BCUT2D eigenvalue weighted by Gasteiger charge is 2.31. The van der Waals surface area contributed by atoms with Gasteiger partial charge in [0.15, 0.2) is 15.7 Å². The predicted molar refractivity (Wildman–Crippen MR) is 99.0 cm³/mol. The van der Waals surface area contributed by atoms with Crippen molar-refractivity contribution in [2.24, 2.45) is 0 Å².